The van der Waals surface area contributed by atoms with E-state index in [1.807, 2.05) is 0 Å². The average Bonchev–Trinajstić information content (AvgIpc) is 2.78. The molecule has 2 heteroatoms. The maximum atomic E-state index is 4.57. The number of hydrogen-bond acceptors (Lipinski definition) is 2. The molecule has 1 aromatic carbocycles. The molecule has 0 bridgehead atoms. The molecule has 0 N–H and O–H groups in total. The molecule has 0 saturated heterocycles. The second-order valence-corrected chi connectivity index (χ2v) is 4.47. The van der Waals surface area contributed by atoms with Gasteiger partial charge in [-0.05, 0) is 18.4 Å². The first kappa shape index (κ1) is 10.4. The van der Waals surface area contributed by atoms with Gasteiger partial charge in [0.05, 0.1) is 10.7 Å². The lowest BCUT2D eigenvalue weighted by Gasteiger charge is -1.98. The van der Waals surface area contributed by atoms with Gasteiger partial charge in [0.25, 0.3) is 0 Å². The topological polar surface area (TPSA) is 12.9 Å². The lowest BCUT2D eigenvalue weighted by atomic mass is 10.1. The van der Waals surface area contributed by atoms with Crippen molar-refractivity contribution < 1.29 is 0 Å². The van der Waals surface area contributed by atoms with Crippen molar-refractivity contribution >= 4 is 11.3 Å². The molecule has 15 heavy (non-hydrogen) atoms. The molecule has 78 valence electrons. The molecule has 1 aromatic heterocycles. The lowest BCUT2D eigenvalue weighted by Crippen LogP contribution is -1.82. The Morgan fingerprint density at radius 1 is 1.07 bits per heavy atom. The molecule has 0 spiro atoms. The van der Waals surface area contributed by atoms with Crippen LogP contribution in [-0.2, 0) is 12.8 Å². The Morgan fingerprint density at radius 3 is 2.33 bits per heavy atom. The van der Waals surface area contributed by atoms with Crippen LogP contribution >= 0.6 is 11.3 Å². The maximum Gasteiger partial charge on any atom is 0.0929 e. The molecule has 0 aliphatic carbocycles. The molecule has 1 heterocycles. The fraction of sp³-hybridized carbons (Fsp3) is 0.308. The molecule has 2 aromatic rings. The molecule has 0 aliphatic rings. The number of rotatable bonds is 3. The minimum absolute atomic E-state index is 1.03. The SMILES string of the molecule is CCc1ccc(-c2csc(CC)n2)cc1. The van der Waals surface area contributed by atoms with Crippen molar-refractivity contribution in [3.63, 3.8) is 0 Å². The summed E-state index contributed by atoms with van der Waals surface area (Å²) >= 11 is 1.74. The van der Waals surface area contributed by atoms with E-state index < -0.39 is 0 Å². The predicted octanol–water partition coefficient (Wildman–Crippen LogP) is 3.93. The average molecular weight is 217 g/mol. The van der Waals surface area contributed by atoms with Crippen molar-refractivity contribution in [2.24, 2.45) is 0 Å². The minimum atomic E-state index is 1.03. The van der Waals surface area contributed by atoms with Gasteiger partial charge in [-0.2, -0.15) is 0 Å². The highest BCUT2D eigenvalue weighted by atomic mass is 32.1. The Bertz CT molecular complexity index is 428. The van der Waals surface area contributed by atoms with Gasteiger partial charge in [0.1, 0.15) is 0 Å². The van der Waals surface area contributed by atoms with E-state index in [0.717, 1.165) is 18.5 Å². The molecule has 2 rings (SSSR count). The van der Waals surface area contributed by atoms with Gasteiger partial charge in [0.15, 0.2) is 0 Å². The van der Waals surface area contributed by atoms with Crippen molar-refractivity contribution in [1.82, 2.24) is 4.98 Å². The van der Waals surface area contributed by atoms with Crippen LogP contribution in [0.5, 0.6) is 0 Å². The van der Waals surface area contributed by atoms with Crippen molar-refractivity contribution in [1.29, 1.82) is 0 Å². The summed E-state index contributed by atoms with van der Waals surface area (Å²) in [5.41, 5.74) is 3.72. The number of aromatic nitrogens is 1. The summed E-state index contributed by atoms with van der Waals surface area (Å²) in [5, 5.41) is 3.35. The van der Waals surface area contributed by atoms with E-state index in [9.17, 15) is 0 Å². The third kappa shape index (κ3) is 2.26. The van der Waals surface area contributed by atoms with Crippen LogP contribution < -0.4 is 0 Å². The van der Waals surface area contributed by atoms with Gasteiger partial charge in [0, 0.05) is 10.9 Å². The Balaban J connectivity index is 2.28. The normalized spacial score (nSPS) is 10.5. The monoisotopic (exact) mass is 217 g/mol. The van der Waals surface area contributed by atoms with Gasteiger partial charge < -0.3 is 0 Å². The smallest absolute Gasteiger partial charge is 0.0929 e. The molecule has 0 aliphatic heterocycles. The first-order valence-corrected chi connectivity index (χ1v) is 6.25. The third-order valence-electron chi connectivity index (χ3n) is 2.51. The minimum Gasteiger partial charge on any atom is -0.241 e. The van der Waals surface area contributed by atoms with E-state index in [0.29, 0.717) is 0 Å². The third-order valence-corrected chi connectivity index (χ3v) is 3.51. The summed E-state index contributed by atoms with van der Waals surface area (Å²) in [5.74, 6) is 0. The fourth-order valence-electron chi connectivity index (χ4n) is 1.52. The van der Waals surface area contributed by atoms with Gasteiger partial charge >= 0.3 is 0 Å². The van der Waals surface area contributed by atoms with Gasteiger partial charge in [0.2, 0.25) is 0 Å². The standard InChI is InChI=1S/C13H15NS/c1-3-10-5-7-11(8-6-10)12-9-15-13(4-2)14-12/h5-9H,3-4H2,1-2H3. The summed E-state index contributed by atoms with van der Waals surface area (Å²) < 4.78 is 0. The molecular formula is C13H15NS. The van der Waals surface area contributed by atoms with E-state index in [1.165, 1.54) is 16.1 Å². The largest absolute Gasteiger partial charge is 0.241 e. The van der Waals surface area contributed by atoms with E-state index in [4.69, 9.17) is 0 Å². The highest BCUT2D eigenvalue weighted by Gasteiger charge is 2.02. The molecule has 0 unspecified atom stereocenters. The summed E-state index contributed by atoms with van der Waals surface area (Å²) in [6, 6.07) is 8.68. The Hall–Kier alpha value is -1.15. The molecule has 1 nitrogen and oxygen atoms in total. The van der Waals surface area contributed by atoms with Crippen molar-refractivity contribution in [2.75, 3.05) is 0 Å². The van der Waals surface area contributed by atoms with E-state index in [1.54, 1.807) is 11.3 Å². The van der Waals surface area contributed by atoms with Crippen LogP contribution in [0.3, 0.4) is 0 Å². The van der Waals surface area contributed by atoms with Gasteiger partial charge in [-0.3, -0.25) is 0 Å². The summed E-state index contributed by atoms with van der Waals surface area (Å²) in [7, 11) is 0. The Morgan fingerprint density at radius 2 is 1.80 bits per heavy atom. The van der Waals surface area contributed by atoms with Crippen molar-refractivity contribution in [3.05, 3.63) is 40.2 Å². The number of nitrogens with zero attached hydrogens (tertiary/aromatic N) is 1. The van der Waals surface area contributed by atoms with Crippen LogP contribution in [0.25, 0.3) is 11.3 Å². The molecule has 0 fully saturated rings. The Kier molecular flexibility index (Phi) is 3.17. The second-order valence-electron chi connectivity index (χ2n) is 3.53. The van der Waals surface area contributed by atoms with Crippen molar-refractivity contribution in [3.8, 4) is 11.3 Å². The van der Waals surface area contributed by atoms with Crippen LogP contribution in [0.1, 0.15) is 24.4 Å². The Labute approximate surface area is 94.8 Å². The first-order valence-electron chi connectivity index (χ1n) is 5.37. The lowest BCUT2D eigenvalue weighted by molar-refractivity contribution is 1.09. The van der Waals surface area contributed by atoms with E-state index in [-0.39, 0.29) is 0 Å². The van der Waals surface area contributed by atoms with Crippen molar-refractivity contribution in [2.45, 2.75) is 26.7 Å². The molecular weight excluding hydrogens is 202 g/mol. The molecule has 0 amide bonds. The second kappa shape index (κ2) is 4.58. The van der Waals surface area contributed by atoms with Gasteiger partial charge in [-0.25, -0.2) is 4.98 Å². The van der Waals surface area contributed by atoms with E-state index in [2.05, 4.69) is 48.5 Å². The van der Waals surface area contributed by atoms with Crippen LogP contribution in [-0.4, -0.2) is 4.98 Å². The highest BCUT2D eigenvalue weighted by molar-refractivity contribution is 7.09. The fourth-order valence-corrected chi connectivity index (χ4v) is 2.27. The summed E-state index contributed by atoms with van der Waals surface area (Å²) in [6.07, 6.45) is 2.12. The first-order chi connectivity index (χ1) is 7.33. The number of benzene rings is 1. The zero-order valence-electron chi connectivity index (χ0n) is 9.16. The molecule has 0 atom stereocenters. The van der Waals surface area contributed by atoms with Crippen LogP contribution in [0.4, 0.5) is 0 Å². The molecule has 0 saturated carbocycles. The van der Waals surface area contributed by atoms with Crippen LogP contribution in [0.15, 0.2) is 29.6 Å². The molecule has 0 radical (unpaired) electrons. The number of aryl methyl sites for hydroxylation is 2. The maximum absolute atomic E-state index is 4.57. The van der Waals surface area contributed by atoms with Crippen LogP contribution in [0, 0.1) is 0 Å². The van der Waals surface area contributed by atoms with E-state index >= 15 is 0 Å². The highest BCUT2D eigenvalue weighted by Crippen LogP contribution is 2.22. The summed E-state index contributed by atoms with van der Waals surface area (Å²) in [4.78, 5) is 4.57. The van der Waals surface area contributed by atoms with Crippen LogP contribution in [0.2, 0.25) is 0 Å². The predicted molar refractivity (Wildman–Crippen MR) is 66.3 cm³/mol. The zero-order chi connectivity index (χ0) is 10.7. The van der Waals surface area contributed by atoms with Gasteiger partial charge in [-0.1, -0.05) is 38.1 Å². The number of hydrogen-bond donors (Lipinski definition) is 0. The zero-order valence-corrected chi connectivity index (χ0v) is 9.97. The quantitative estimate of drug-likeness (QED) is 0.759. The van der Waals surface area contributed by atoms with Gasteiger partial charge in [-0.15, -0.1) is 11.3 Å². The number of thiazole rings is 1. The summed E-state index contributed by atoms with van der Waals surface area (Å²) in [6.45, 7) is 4.32.